The van der Waals surface area contributed by atoms with E-state index >= 15 is 0 Å². The first-order chi connectivity index (χ1) is 11.0. The lowest BCUT2D eigenvalue weighted by atomic mass is 10.1. The monoisotopic (exact) mass is 440 g/mol. The van der Waals surface area contributed by atoms with Crippen LogP contribution in [0.3, 0.4) is 0 Å². The van der Waals surface area contributed by atoms with Gasteiger partial charge < -0.3 is 10.2 Å². The molecule has 0 aromatic heterocycles. The molecule has 118 valence electrons. The molecule has 2 aromatic rings. The van der Waals surface area contributed by atoms with Crippen LogP contribution in [0.5, 0.6) is 0 Å². The van der Waals surface area contributed by atoms with Gasteiger partial charge in [0.25, 0.3) is 5.91 Å². The summed E-state index contributed by atoms with van der Waals surface area (Å²) in [4.78, 5) is 25.9. The highest BCUT2D eigenvalue weighted by Gasteiger charge is 2.24. The number of nitrogens with zero attached hydrogens (tertiary/aromatic N) is 1. The number of benzene rings is 2. The highest BCUT2D eigenvalue weighted by atomic mass is 127. The third-order valence-electron chi connectivity index (χ3n) is 3.67. The molecule has 23 heavy (non-hydrogen) atoms. The van der Waals surface area contributed by atoms with Crippen molar-refractivity contribution in [3.05, 3.63) is 56.6 Å². The van der Waals surface area contributed by atoms with Crippen LogP contribution in [0.4, 0.5) is 11.4 Å². The molecule has 0 aliphatic carbocycles. The van der Waals surface area contributed by atoms with Gasteiger partial charge in [0.05, 0.1) is 10.7 Å². The molecule has 1 aliphatic heterocycles. The average molecular weight is 441 g/mol. The number of anilines is 2. The van der Waals surface area contributed by atoms with E-state index in [2.05, 4.69) is 27.9 Å². The van der Waals surface area contributed by atoms with Crippen LogP contribution in [0.25, 0.3) is 0 Å². The van der Waals surface area contributed by atoms with Gasteiger partial charge in [0.15, 0.2) is 0 Å². The molecule has 1 aliphatic rings. The Hall–Kier alpha value is -1.60. The van der Waals surface area contributed by atoms with Crippen molar-refractivity contribution in [3.63, 3.8) is 0 Å². The number of amides is 2. The second-order valence-electron chi connectivity index (χ2n) is 5.28. The molecule has 1 N–H and O–H groups in total. The minimum Gasteiger partial charge on any atom is -0.322 e. The van der Waals surface area contributed by atoms with E-state index < -0.39 is 0 Å². The van der Waals surface area contributed by atoms with Gasteiger partial charge >= 0.3 is 0 Å². The van der Waals surface area contributed by atoms with Crippen molar-refractivity contribution in [2.45, 2.75) is 12.8 Å². The predicted octanol–water partition coefficient (Wildman–Crippen LogP) is 4.32. The first kappa shape index (κ1) is 16.3. The topological polar surface area (TPSA) is 49.4 Å². The van der Waals surface area contributed by atoms with Gasteiger partial charge in [0, 0.05) is 27.8 Å². The van der Waals surface area contributed by atoms with Crippen LogP contribution in [0, 0.1) is 3.57 Å². The fourth-order valence-electron chi connectivity index (χ4n) is 2.50. The van der Waals surface area contributed by atoms with Crippen LogP contribution in [0.15, 0.2) is 42.5 Å². The number of hydrogen-bond acceptors (Lipinski definition) is 2. The van der Waals surface area contributed by atoms with Crippen LogP contribution in [-0.2, 0) is 4.79 Å². The Labute approximate surface area is 153 Å². The molecular weight excluding hydrogens is 427 g/mol. The van der Waals surface area contributed by atoms with Crippen LogP contribution >= 0.6 is 34.2 Å². The maximum atomic E-state index is 12.4. The lowest BCUT2D eigenvalue weighted by Gasteiger charge is -2.18. The number of halogens is 2. The highest BCUT2D eigenvalue weighted by Crippen LogP contribution is 2.30. The fraction of sp³-hybridized carbons (Fsp3) is 0.176. The molecule has 0 unspecified atom stereocenters. The maximum Gasteiger partial charge on any atom is 0.255 e. The van der Waals surface area contributed by atoms with Crippen molar-refractivity contribution < 1.29 is 9.59 Å². The smallest absolute Gasteiger partial charge is 0.255 e. The van der Waals surface area contributed by atoms with E-state index in [1.165, 1.54) is 0 Å². The van der Waals surface area contributed by atoms with E-state index in [9.17, 15) is 9.59 Å². The zero-order valence-corrected chi connectivity index (χ0v) is 15.1. The number of carbonyl (C=O) groups is 2. The molecule has 1 heterocycles. The minimum absolute atomic E-state index is 0.0436. The Bertz CT molecular complexity index is 762. The van der Waals surface area contributed by atoms with Crippen LogP contribution in [0.2, 0.25) is 5.02 Å². The summed E-state index contributed by atoms with van der Waals surface area (Å²) in [5.41, 5.74) is 1.80. The van der Waals surface area contributed by atoms with Gasteiger partial charge in [-0.15, -0.1) is 0 Å². The normalized spacial score (nSPS) is 14.2. The molecule has 6 heteroatoms. The van der Waals surface area contributed by atoms with Gasteiger partial charge in [-0.05, 0) is 71.5 Å². The number of carbonyl (C=O) groups excluding carboxylic acids is 2. The molecule has 4 nitrogen and oxygen atoms in total. The van der Waals surface area contributed by atoms with E-state index in [-0.39, 0.29) is 11.8 Å². The highest BCUT2D eigenvalue weighted by molar-refractivity contribution is 14.1. The molecule has 0 saturated carbocycles. The third-order valence-corrected chi connectivity index (χ3v) is 4.71. The summed E-state index contributed by atoms with van der Waals surface area (Å²) in [7, 11) is 0. The first-order valence-electron chi connectivity index (χ1n) is 7.21. The second-order valence-corrected chi connectivity index (χ2v) is 6.93. The zero-order valence-electron chi connectivity index (χ0n) is 12.2. The van der Waals surface area contributed by atoms with Crippen molar-refractivity contribution in [2.24, 2.45) is 0 Å². The Morgan fingerprint density at radius 3 is 2.57 bits per heavy atom. The molecule has 0 atom stereocenters. The lowest BCUT2D eigenvalue weighted by molar-refractivity contribution is -0.117. The number of rotatable bonds is 3. The van der Waals surface area contributed by atoms with Gasteiger partial charge in [-0.3, -0.25) is 9.59 Å². The average Bonchev–Trinajstić information content (AvgIpc) is 2.96. The quantitative estimate of drug-likeness (QED) is 0.723. The van der Waals surface area contributed by atoms with Gasteiger partial charge in [-0.25, -0.2) is 0 Å². The largest absolute Gasteiger partial charge is 0.322 e. The summed E-state index contributed by atoms with van der Waals surface area (Å²) >= 11 is 8.41. The summed E-state index contributed by atoms with van der Waals surface area (Å²) in [5, 5.41) is 3.32. The summed E-state index contributed by atoms with van der Waals surface area (Å²) in [6.07, 6.45) is 1.34. The molecule has 0 radical (unpaired) electrons. The minimum atomic E-state index is -0.226. The second kappa shape index (κ2) is 6.88. The SMILES string of the molecule is O=C(Nc1ccc(I)cc1)c1ccc(Cl)c(N2CCCC2=O)c1. The van der Waals surface area contributed by atoms with Gasteiger partial charge in [-0.1, -0.05) is 11.6 Å². The Kier molecular flexibility index (Phi) is 4.87. The van der Waals surface area contributed by atoms with Gasteiger partial charge in [0.1, 0.15) is 0 Å². The van der Waals surface area contributed by atoms with E-state index in [1.54, 1.807) is 23.1 Å². The van der Waals surface area contributed by atoms with Crippen molar-refractivity contribution in [1.29, 1.82) is 0 Å². The van der Waals surface area contributed by atoms with Crippen LogP contribution in [0.1, 0.15) is 23.2 Å². The summed E-state index contributed by atoms with van der Waals surface area (Å²) in [6, 6.07) is 12.5. The number of hydrogen-bond donors (Lipinski definition) is 1. The molecule has 1 fully saturated rings. The third kappa shape index (κ3) is 3.67. The molecule has 3 rings (SSSR count). The molecule has 0 bridgehead atoms. The van der Waals surface area contributed by atoms with Crippen molar-refractivity contribution in [3.8, 4) is 0 Å². The van der Waals surface area contributed by atoms with Gasteiger partial charge in [0.2, 0.25) is 5.91 Å². The first-order valence-corrected chi connectivity index (χ1v) is 8.67. The van der Waals surface area contributed by atoms with E-state index in [0.29, 0.717) is 29.2 Å². The Morgan fingerprint density at radius 1 is 1.17 bits per heavy atom. The standard InChI is InChI=1S/C17H14ClIN2O2/c18-14-8-3-11(10-15(14)21-9-1-2-16(21)22)17(23)20-13-6-4-12(19)5-7-13/h3-8,10H,1-2,9H2,(H,20,23). The van der Waals surface area contributed by atoms with Crippen LogP contribution in [-0.4, -0.2) is 18.4 Å². The molecule has 1 saturated heterocycles. The molecule has 0 spiro atoms. The Morgan fingerprint density at radius 2 is 1.91 bits per heavy atom. The van der Waals surface area contributed by atoms with Crippen molar-refractivity contribution >= 4 is 57.4 Å². The van der Waals surface area contributed by atoms with E-state index in [1.807, 2.05) is 24.3 Å². The summed E-state index contributed by atoms with van der Waals surface area (Å²) in [5.74, 6) is -0.183. The molecular formula is C17H14ClIN2O2. The van der Waals surface area contributed by atoms with Crippen molar-refractivity contribution in [1.82, 2.24) is 0 Å². The molecule has 2 aromatic carbocycles. The van der Waals surface area contributed by atoms with Gasteiger partial charge in [-0.2, -0.15) is 0 Å². The number of nitrogens with one attached hydrogen (secondary N) is 1. The predicted molar refractivity (Wildman–Crippen MR) is 100 cm³/mol. The van der Waals surface area contributed by atoms with E-state index in [0.717, 1.165) is 15.7 Å². The molecule has 2 amide bonds. The fourth-order valence-corrected chi connectivity index (χ4v) is 3.08. The zero-order chi connectivity index (χ0) is 16.4. The summed E-state index contributed by atoms with van der Waals surface area (Å²) < 4.78 is 1.10. The maximum absolute atomic E-state index is 12.4. The van der Waals surface area contributed by atoms with E-state index in [4.69, 9.17) is 11.6 Å². The van der Waals surface area contributed by atoms with Crippen LogP contribution < -0.4 is 10.2 Å². The Balaban J connectivity index is 1.83. The summed E-state index contributed by atoms with van der Waals surface area (Å²) in [6.45, 7) is 0.640. The lowest BCUT2D eigenvalue weighted by Crippen LogP contribution is -2.24. The van der Waals surface area contributed by atoms with Crippen molar-refractivity contribution in [2.75, 3.05) is 16.8 Å².